The molecule has 3 N–H and O–H groups in total. The van der Waals surface area contributed by atoms with Crippen molar-refractivity contribution in [2.45, 2.75) is 59.3 Å². The number of carboxylic acids is 1. The van der Waals surface area contributed by atoms with Crippen molar-refractivity contribution in [3.8, 4) is 0 Å². The maximum atomic E-state index is 11.6. The van der Waals surface area contributed by atoms with Gasteiger partial charge in [-0.25, -0.2) is 4.79 Å². The van der Waals surface area contributed by atoms with E-state index in [1.54, 1.807) is 0 Å². The number of rotatable bonds is 9. The Balaban J connectivity index is 2.18. The van der Waals surface area contributed by atoms with Crippen molar-refractivity contribution in [3.63, 3.8) is 0 Å². The maximum Gasteiger partial charge on any atom is 0.314 e. The Labute approximate surface area is 127 Å². The van der Waals surface area contributed by atoms with Gasteiger partial charge in [0.1, 0.15) is 0 Å². The summed E-state index contributed by atoms with van der Waals surface area (Å²) in [6.45, 7) is 7.70. The minimum atomic E-state index is -0.755. The Bertz CT molecular complexity index is 346. The molecule has 5 heteroatoms. The molecule has 21 heavy (non-hydrogen) atoms. The molecule has 0 heterocycles. The Morgan fingerprint density at radius 1 is 1.14 bits per heavy atom. The van der Waals surface area contributed by atoms with E-state index in [2.05, 4.69) is 31.4 Å². The quantitative estimate of drug-likeness (QED) is 0.612. The minimum absolute atomic E-state index is 0.0551. The van der Waals surface area contributed by atoms with E-state index in [9.17, 15) is 9.59 Å². The van der Waals surface area contributed by atoms with Crippen molar-refractivity contribution in [1.29, 1.82) is 0 Å². The van der Waals surface area contributed by atoms with E-state index in [0.29, 0.717) is 18.9 Å². The molecule has 2 amide bonds. The van der Waals surface area contributed by atoms with E-state index in [1.807, 2.05) is 0 Å². The molecule has 0 aromatic carbocycles. The lowest BCUT2D eigenvalue weighted by molar-refractivity contribution is -0.137. The Morgan fingerprint density at radius 2 is 1.76 bits per heavy atom. The molecule has 0 aromatic heterocycles. The van der Waals surface area contributed by atoms with Gasteiger partial charge in [-0.3, -0.25) is 4.79 Å². The van der Waals surface area contributed by atoms with Gasteiger partial charge in [0.05, 0.1) is 0 Å². The second-order valence-electron chi connectivity index (χ2n) is 7.20. The molecular weight excluding hydrogens is 268 g/mol. The predicted molar refractivity (Wildman–Crippen MR) is 83.2 cm³/mol. The first-order chi connectivity index (χ1) is 9.79. The van der Waals surface area contributed by atoms with E-state index in [1.165, 1.54) is 12.8 Å². The van der Waals surface area contributed by atoms with Crippen LogP contribution in [0.2, 0.25) is 0 Å². The van der Waals surface area contributed by atoms with Crippen molar-refractivity contribution < 1.29 is 14.7 Å². The Kier molecular flexibility index (Phi) is 6.99. The van der Waals surface area contributed by atoms with E-state index >= 15 is 0 Å². The van der Waals surface area contributed by atoms with Gasteiger partial charge in [-0.1, -0.05) is 33.6 Å². The molecule has 0 bridgehead atoms. The van der Waals surface area contributed by atoms with Crippen molar-refractivity contribution >= 4 is 12.0 Å². The number of aliphatic carboxylic acids is 1. The van der Waals surface area contributed by atoms with Crippen molar-refractivity contribution in [2.24, 2.45) is 17.3 Å². The normalized spacial score (nSPS) is 16.3. The molecule has 0 aliphatic heterocycles. The number of hydrogen-bond acceptors (Lipinski definition) is 2. The van der Waals surface area contributed by atoms with Crippen LogP contribution in [0.3, 0.4) is 0 Å². The molecule has 0 spiro atoms. The average Bonchev–Trinajstić information content (AvgIpc) is 3.15. The largest absolute Gasteiger partial charge is 0.481 e. The number of carbonyl (C=O) groups excluding carboxylic acids is 1. The lowest BCUT2D eigenvalue weighted by Gasteiger charge is -2.30. The van der Waals surface area contributed by atoms with Gasteiger partial charge in [-0.15, -0.1) is 0 Å². The van der Waals surface area contributed by atoms with Crippen LogP contribution in [-0.2, 0) is 4.79 Å². The molecule has 5 nitrogen and oxygen atoms in total. The van der Waals surface area contributed by atoms with E-state index < -0.39 is 5.97 Å². The fraction of sp³-hybridized carbons (Fsp3) is 0.875. The smallest absolute Gasteiger partial charge is 0.314 e. The zero-order valence-corrected chi connectivity index (χ0v) is 13.6. The summed E-state index contributed by atoms with van der Waals surface area (Å²) in [6, 6.07) is -0.110. The Hall–Kier alpha value is -1.26. The van der Waals surface area contributed by atoms with Crippen LogP contribution in [0.15, 0.2) is 0 Å². The summed E-state index contributed by atoms with van der Waals surface area (Å²) in [5, 5.41) is 14.6. The van der Waals surface area contributed by atoms with Crippen LogP contribution in [0.25, 0.3) is 0 Å². The minimum Gasteiger partial charge on any atom is -0.481 e. The highest BCUT2D eigenvalue weighted by Gasteiger charge is 2.25. The standard InChI is InChI=1S/C16H30N2O3/c1-16(2,3)13(6-7-14(19)20)9-11-18-15(21)17-10-8-12-4-5-12/h12-13H,4-11H2,1-3H3,(H,19,20)(H2,17,18,21). The zero-order valence-electron chi connectivity index (χ0n) is 13.6. The lowest BCUT2D eigenvalue weighted by atomic mass is 9.76. The summed E-state index contributed by atoms with van der Waals surface area (Å²) in [7, 11) is 0. The first-order valence-corrected chi connectivity index (χ1v) is 8.02. The molecule has 0 saturated heterocycles. The van der Waals surface area contributed by atoms with E-state index in [-0.39, 0.29) is 17.9 Å². The number of urea groups is 1. The maximum absolute atomic E-state index is 11.6. The molecule has 1 aliphatic carbocycles. The van der Waals surface area contributed by atoms with Gasteiger partial charge in [0.15, 0.2) is 0 Å². The average molecular weight is 298 g/mol. The molecule has 1 saturated carbocycles. The van der Waals surface area contributed by atoms with Gasteiger partial charge >= 0.3 is 12.0 Å². The fourth-order valence-corrected chi connectivity index (χ4v) is 2.53. The second kappa shape index (κ2) is 8.25. The third-order valence-corrected chi connectivity index (χ3v) is 4.24. The highest BCUT2D eigenvalue weighted by Crippen LogP contribution is 2.32. The molecule has 1 aliphatic rings. The van der Waals surface area contributed by atoms with Crippen LogP contribution in [-0.4, -0.2) is 30.2 Å². The monoisotopic (exact) mass is 298 g/mol. The summed E-state index contributed by atoms with van der Waals surface area (Å²) in [6.07, 6.45) is 5.35. The molecule has 1 fully saturated rings. The van der Waals surface area contributed by atoms with Crippen LogP contribution in [0, 0.1) is 17.3 Å². The van der Waals surface area contributed by atoms with Gasteiger partial charge < -0.3 is 15.7 Å². The van der Waals surface area contributed by atoms with Crippen molar-refractivity contribution in [2.75, 3.05) is 13.1 Å². The summed E-state index contributed by atoms with van der Waals surface area (Å²) >= 11 is 0. The number of nitrogens with one attached hydrogen (secondary N) is 2. The van der Waals surface area contributed by atoms with Crippen LogP contribution < -0.4 is 10.6 Å². The van der Waals surface area contributed by atoms with Gasteiger partial charge in [-0.2, -0.15) is 0 Å². The van der Waals surface area contributed by atoms with Crippen LogP contribution in [0.5, 0.6) is 0 Å². The summed E-state index contributed by atoms with van der Waals surface area (Å²) in [5.74, 6) is 0.363. The lowest BCUT2D eigenvalue weighted by Crippen LogP contribution is -2.38. The molecule has 1 atom stereocenters. The molecule has 0 radical (unpaired) electrons. The van der Waals surface area contributed by atoms with Gasteiger partial charge in [0, 0.05) is 19.5 Å². The highest BCUT2D eigenvalue weighted by molar-refractivity contribution is 5.73. The topological polar surface area (TPSA) is 78.4 Å². The molecule has 122 valence electrons. The first-order valence-electron chi connectivity index (χ1n) is 8.02. The second-order valence-corrected chi connectivity index (χ2v) is 7.20. The third kappa shape index (κ3) is 8.58. The van der Waals surface area contributed by atoms with E-state index in [4.69, 9.17) is 5.11 Å². The number of carbonyl (C=O) groups is 2. The molecular formula is C16H30N2O3. The Morgan fingerprint density at radius 3 is 2.29 bits per heavy atom. The van der Waals surface area contributed by atoms with Gasteiger partial charge in [0.2, 0.25) is 0 Å². The van der Waals surface area contributed by atoms with Crippen LogP contribution in [0.1, 0.15) is 59.3 Å². The van der Waals surface area contributed by atoms with Crippen LogP contribution in [0.4, 0.5) is 4.79 Å². The first kappa shape index (κ1) is 17.8. The zero-order chi connectivity index (χ0) is 15.9. The third-order valence-electron chi connectivity index (χ3n) is 4.24. The van der Waals surface area contributed by atoms with Gasteiger partial charge in [-0.05, 0) is 36.5 Å². The van der Waals surface area contributed by atoms with E-state index in [0.717, 1.165) is 25.3 Å². The van der Waals surface area contributed by atoms with Gasteiger partial charge in [0.25, 0.3) is 0 Å². The summed E-state index contributed by atoms with van der Waals surface area (Å²) in [4.78, 5) is 22.3. The SMILES string of the molecule is CC(C)(C)C(CCNC(=O)NCCC1CC1)CCC(=O)O. The van der Waals surface area contributed by atoms with Crippen molar-refractivity contribution in [3.05, 3.63) is 0 Å². The highest BCUT2D eigenvalue weighted by atomic mass is 16.4. The van der Waals surface area contributed by atoms with Crippen molar-refractivity contribution in [1.82, 2.24) is 10.6 Å². The number of hydrogen-bond donors (Lipinski definition) is 3. The number of amides is 2. The summed E-state index contributed by atoms with van der Waals surface area (Å²) in [5.41, 5.74) is 0.0551. The number of carboxylic acid groups (broad SMARTS) is 1. The fourth-order valence-electron chi connectivity index (χ4n) is 2.53. The van der Waals surface area contributed by atoms with Crippen LogP contribution >= 0.6 is 0 Å². The molecule has 1 rings (SSSR count). The molecule has 0 aromatic rings. The predicted octanol–water partition coefficient (Wildman–Crippen LogP) is 3.00. The summed E-state index contributed by atoms with van der Waals surface area (Å²) < 4.78 is 0. The molecule has 1 unspecified atom stereocenters.